The maximum absolute atomic E-state index is 9.49. The van der Waals surface area contributed by atoms with Crippen molar-refractivity contribution >= 4 is 55.7 Å². The van der Waals surface area contributed by atoms with Crippen molar-refractivity contribution in [2.24, 2.45) is 0 Å². The molecule has 0 heterocycles. The second-order valence-electron chi connectivity index (χ2n) is 14.0. The average Bonchev–Trinajstić information content (AvgIpc) is 3.45. The van der Waals surface area contributed by atoms with Gasteiger partial charge in [0.2, 0.25) is 0 Å². The van der Waals surface area contributed by atoms with Crippen molar-refractivity contribution in [3.05, 3.63) is 192 Å². The standard InChI is InChI=1S/C49H34N4/c1-49(2)46-30-40(53(36-13-7-4-8-14-36)38-23-19-34(32-51)20-24-38)26-28-44(46)47-42-16-10-9-15-41(42)45-29-39(25-27-43(45)48(47)49)52(35-11-5-3-6-12-35)37-21-17-33(31-50)18-22-37/h3-30H,1-2H3. The van der Waals surface area contributed by atoms with E-state index in [-0.39, 0.29) is 5.41 Å². The summed E-state index contributed by atoms with van der Waals surface area (Å²) in [6, 6.07) is 63.5. The van der Waals surface area contributed by atoms with Crippen LogP contribution < -0.4 is 9.80 Å². The minimum absolute atomic E-state index is 0.302. The molecule has 1 aliphatic carbocycles. The fraction of sp³-hybridized carbons (Fsp3) is 0.0612. The van der Waals surface area contributed by atoms with Gasteiger partial charge in [0.15, 0.2) is 0 Å². The molecule has 0 N–H and O–H groups in total. The summed E-state index contributed by atoms with van der Waals surface area (Å²) in [7, 11) is 0. The summed E-state index contributed by atoms with van der Waals surface area (Å²) in [5.74, 6) is 0. The monoisotopic (exact) mass is 678 g/mol. The Labute approximate surface area is 309 Å². The summed E-state index contributed by atoms with van der Waals surface area (Å²) in [4.78, 5) is 4.53. The molecule has 0 saturated carbocycles. The lowest BCUT2D eigenvalue weighted by Gasteiger charge is -2.29. The van der Waals surface area contributed by atoms with Crippen molar-refractivity contribution in [1.82, 2.24) is 0 Å². The molecule has 8 aromatic carbocycles. The van der Waals surface area contributed by atoms with E-state index in [9.17, 15) is 10.5 Å². The van der Waals surface area contributed by atoms with E-state index in [0.717, 1.165) is 34.1 Å². The fourth-order valence-electron chi connectivity index (χ4n) is 8.21. The molecule has 0 aliphatic heterocycles. The van der Waals surface area contributed by atoms with Crippen LogP contribution in [-0.2, 0) is 5.41 Å². The van der Waals surface area contributed by atoms with Gasteiger partial charge in [0.1, 0.15) is 0 Å². The Morgan fingerprint density at radius 3 is 1.42 bits per heavy atom. The highest BCUT2D eigenvalue weighted by Crippen LogP contribution is 2.56. The molecule has 8 aromatic rings. The lowest BCUT2D eigenvalue weighted by molar-refractivity contribution is 0.666. The van der Waals surface area contributed by atoms with Crippen LogP contribution in [0.15, 0.2) is 170 Å². The van der Waals surface area contributed by atoms with E-state index in [4.69, 9.17) is 0 Å². The van der Waals surface area contributed by atoms with Crippen LogP contribution in [0.3, 0.4) is 0 Å². The van der Waals surface area contributed by atoms with E-state index in [1.807, 2.05) is 60.7 Å². The molecule has 0 spiro atoms. The number of hydrogen-bond donors (Lipinski definition) is 0. The summed E-state index contributed by atoms with van der Waals surface area (Å²) in [5, 5.41) is 23.9. The van der Waals surface area contributed by atoms with E-state index in [0.29, 0.717) is 11.1 Å². The molecular weight excluding hydrogens is 645 g/mol. The van der Waals surface area contributed by atoms with Gasteiger partial charge in [-0.2, -0.15) is 10.5 Å². The van der Waals surface area contributed by atoms with Crippen molar-refractivity contribution < 1.29 is 0 Å². The fourth-order valence-corrected chi connectivity index (χ4v) is 8.21. The molecule has 0 unspecified atom stereocenters. The Kier molecular flexibility index (Phi) is 7.54. The molecule has 4 nitrogen and oxygen atoms in total. The zero-order valence-corrected chi connectivity index (χ0v) is 29.5. The molecule has 0 bridgehead atoms. The summed E-state index contributed by atoms with van der Waals surface area (Å²) < 4.78 is 0. The first-order valence-corrected chi connectivity index (χ1v) is 17.8. The first kappa shape index (κ1) is 31.8. The van der Waals surface area contributed by atoms with Gasteiger partial charge in [-0.15, -0.1) is 0 Å². The van der Waals surface area contributed by atoms with Gasteiger partial charge in [0.05, 0.1) is 23.3 Å². The molecule has 0 atom stereocenters. The molecule has 9 rings (SSSR count). The highest BCUT2D eigenvalue weighted by molar-refractivity contribution is 6.19. The van der Waals surface area contributed by atoms with Gasteiger partial charge >= 0.3 is 0 Å². The minimum atomic E-state index is -0.302. The average molecular weight is 679 g/mol. The normalized spacial score (nSPS) is 12.5. The Morgan fingerprint density at radius 2 is 0.868 bits per heavy atom. The molecule has 53 heavy (non-hydrogen) atoms. The predicted molar refractivity (Wildman–Crippen MR) is 218 cm³/mol. The van der Waals surface area contributed by atoms with Gasteiger partial charge in [-0.25, -0.2) is 0 Å². The second-order valence-corrected chi connectivity index (χ2v) is 14.0. The van der Waals surface area contributed by atoms with Gasteiger partial charge in [-0.3, -0.25) is 0 Å². The smallest absolute Gasteiger partial charge is 0.0991 e. The van der Waals surface area contributed by atoms with E-state index >= 15 is 0 Å². The Hall–Kier alpha value is -7.14. The second kappa shape index (κ2) is 12.6. The van der Waals surface area contributed by atoms with Gasteiger partial charge in [-0.1, -0.05) is 86.6 Å². The van der Waals surface area contributed by atoms with Crippen LogP contribution in [0.25, 0.3) is 32.7 Å². The largest absolute Gasteiger partial charge is 0.310 e. The first-order valence-electron chi connectivity index (χ1n) is 17.8. The Morgan fingerprint density at radius 1 is 0.415 bits per heavy atom. The minimum Gasteiger partial charge on any atom is -0.310 e. The molecular formula is C49H34N4. The molecule has 1 aliphatic rings. The Bertz CT molecular complexity index is 2750. The van der Waals surface area contributed by atoms with E-state index in [1.165, 1.54) is 43.8 Å². The van der Waals surface area contributed by atoms with E-state index < -0.39 is 0 Å². The number of fused-ring (bicyclic) bond motifs is 8. The van der Waals surface area contributed by atoms with Crippen LogP contribution in [0.1, 0.15) is 36.1 Å². The van der Waals surface area contributed by atoms with Crippen LogP contribution in [0, 0.1) is 22.7 Å². The topological polar surface area (TPSA) is 54.1 Å². The zero-order valence-electron chi connectivity index (χ0n) is 29.5. The summed E-state index contributed by atoms with van der Waals surface area (Å²) in [6.45, 7) is 4.70. The maximum Gasteiger partial charge on any atom is 0.0991 e. The van der Waals surface area contributed by atoms with E-state index in [2.05, 4.69) is 145 Å². The van der Waals surface area contributed by atoms with Gasteiger partial charge in [-0.05, 0) is 141 Å². The number of anilines is 6. The molecule has 0 saturated heterocycles. The van der Waals surface area contributed by atoms with Crippen LogP contribution in [-0.4, -0.2) is 0 Å². The molecule has 0 fully saturated rings. The van der Waals surface area contributed by atoms with Crippen molar-refractivity contribution in [3.8, 4) is 23.3 Å². The third-order valence-corrected chi connectivity index (χ3v) is 10.6. The summed E-state index contributed by atoms with van der Waals surface area (Å²) in [6.07, 6.45) is 0. The van der Waals surface area contributed by atoms with Crippen LogP contribution in [0.2, 0.25) is 0 Å². The third-order valence-electron chi connectivity index (χ3n) is 10.6. The SMILES string of the molecule is CC1(C)c2cc(N(c3ccccc3)c3ccc(C#N)cc3)ccc2-c2c1c1ccc(N(c3ccccc3)c3ccc(C#N)cc3)cc1c1ccccc21. The highest BCUT2D eigenvalue weighted by atomic mass is 15.1. The quantitative estimate of drug-likeness (QED) is 0.164. The predicted octanol–water partition coefficient (Wildman–Crippen LogP) is 13.0. The van der Waals surface area contributed by atoms with Gasteiger partial charge in [0, 0.05) is 39.5 Å². The zero-order chi connectivity index (χ0) is 36.1. The lowest BCUT2D eigenvalue weighted by Crippen LogP contribution is -2.17. The number of benzene rings is 8. The molecule has 0 aromatic heterocycles. The number of nitriles is 2. The molecule has 0 radical (unpaired) electrons. The van der Waals surface area contributed by atoms with Gasteiger partial charge in [0.25, 0.3) is 0 Å². The summed E-state index contributed by atoms with van der Waals surface area (Å²) >= 11 is 0. The van der Waals surface area contributed by atoms with Crippen LogP contribution in [0.4, 0.5) is 34.1 Å². The number of rotatable bonds is 6. The van der Waals surface area contributed by atoms with Crippen molar-refractivity contribution in [2.45, 2.75) is 19.3 Å². The van der Waals surface area contributed by atoms with Crippen molar-refractivity contribution in [1.29, 1.82) is 10.5 Å². The molecule has 0 amide bonds. The van der Waals surface area contributed by atoms with Crippen LogP contribution in [0.5, 0.6) is 0 Å². The third kappa shape index (κ3) is 5.20. The maximum atomic E-state index is 9.49. The molecule has 4 heteroatoms. The van der Waals surface area contributed by atoms with E-state index in [1.54, 1.807) is 0 Å². The lowest BCUT2D eigenvalue weighted by atomic mass is 9.79. The summed E-state index contributed by atoms with van der Waals surface area (Å²) in [5.41, 5.74) is 12.3. The van der Waals surface area contributed by atoms with Gasteiger partial charge < -0.3 is 9.80 Å². The van der Waals surface area contributed by atoms with Crippen LogP contribution >= 0.6 is 0 Å². The number of nitrogens with zero attached hydrogens (tertiary/aromatic N) is 4. The first-order chi connectivity index (χ1) is 26.0. The Balaban J connectivity index is 1.24. The number of para-hydroxylation sites is 2. The van der Waals surface area contributed by atoms with Crippen molar-refractivity contribution in [2.75, 3.05) is 9.80 Å². The highest BCUT2D eigenvalue weighted by Gasteiger charge is 2.39. The number of hydrogen-bond acceptors (Lipinski definition) is 4. The molecule has 250 valence electrons. The van der Waals surface area contributed by atoms with Crippen molar-refractivity contribution in [3.63, 3.8) is 0 Å².